The molecule has 0 aromatic carbocycles. The van der Waals surface area contributed by atoms with Crippen molar-refractivity contribution in [3.8, 4) is 6.07 Å². The minimum atomic E-state index is -3.76. The third-order valence-corrected chi connectivity index (χ3v) is 5.00. The first kappa shape index (κ1) is 16.4. The van der Waals surface area contributed by atoms with E-state index in [1.807, 2.05) is 6.07 Å². The van der Waals surface area contributed by atoms with Crippen LogP contribution in [-0.2, 0) is 14.8 Å². The molecule has 0 bridgehead atoms. The molecule has 2 rings (SSSR count). The van der Waals surface area contributed by atoms with E-state index in [0.29, 0.717) is 11.1 Å². The molecule has 8 nitrogen and oxygen atoms in total. The highest BCUT2D eigenvalue weighted by atomic mass is 32.2. The van der Waals surface area contributed by atoms with Gasteiger partial charge in [-0.05, 0) is 13.0 Å². The van der Waals surface area contributed by atoms with Crippen molar-refractivity contribution in [1.82, 2.24) is 14.4 Å². The topological polar surface area (TPSA) is 109 Å². The zero-order valence-electron chi connectivity index (χ0n) is 12.3. The van der Waals surface area contributed by atoms with Gasteiger partial charge >= 0.3 is 0 Å². The number of fused-ring (bicyclic) bond motifs is 1. The quantitative estimate of drug-likeness (QED) is 0.749. The van der Waals surface area contributed by atoms with Gasteiger partial charge in [-0.25, -0.2) is 13.4 Å². The Morgan fingerprint density at radius 1 is 1.45 bits per heavy atom. The second kappa shape index (κ2) is 6.83. The van der Waals surface area contributed by atoms with Gasteiger partial charge in [-0.3, -0.25) is 0 Å². The number of hydrogen-bond acceptors (Lipinski definition) is 7. The van der Waals surface area contributed by atoms with Crippen molar-refractivity contribution in [1.29, 1.82) is 5.26 Å². The minimum Gasteiger partial charge on any atom is -0.383 e. The van der Waals surface area contributed by atoms with E-state index in [1.165, 1.54) is 23.7 Å². The summed E-state index contributed by atoms with van der Waals surface area (Å²) >= 11 is 0. The van der Waals surface area contributed by atoms with Crippen LogP contribution in [0, 0.1) is 18.3 Å². The number of rotatable bonds is 7. The molecule has 0 aliphatic rings. The average Bonchev–Trinajstić information content (AvgIpc) is 2.88. The number of sulfonamides is 1. The highest BCUT2D eigenvalue weighted by molar-refractivity contribution is 7.89. The molecule has 0 unspecified atom stereocenters. The van der Waals surface area contributed by atoms with Gasteiger partial charge in [-0.2, -0.15) is 9.57 Å². The first-order chi connectivity index (χ1) is 10.5. The number of pyridine rings is 1. The maximum Gasteiger partial charge on any atom is 0.257 e. The predicted octanol–water partition coefficient (Wildman–Crippen LogP) is 1.08. The number of aromatic nitrogens is 2. The first-order valence-corrected chi connectivity index (χ1v) is 8.02. The van der Waals surface area contributed by atoms with Gasteiger partial charge in [0, 0.05) is 26.6 Å². The highest BCUT2D eigenvalue weighted by Gasteiger charge is 2.25. The van der Waals surface area contributed by atoms with Crippen molar-refractivity contribution >= 4 is 21.1 Å². The van der Waals surface area contributed by atoms with Crippen molar-refractivity contribution in [2.24, 2.45) is 0 Å². The number of ether oxygens (including phenoxy) is 1. The summed E-state index contributed by atoms with van der Waals surface area (Å²) in [6, 6.07) is 3.43. The van der Waals surface area contributed by atoms with Crippen LogP contribution in [0.25, 0.3) is 11.1 Å². The second-order valence-electron chi connectivity index (χ2n) is 4.60. The normalized spacial score (nSPS) is 11.9. The maximum atomic E-state index is 12.7. The summed E-state index contributed by atoms with van der Waals surface area (Å²) in [5.41, 5.74) is 0.858. The second-order valence-corrected chi connectivity index (χ2v) is 6.53. The zero-order chi connectivity index (χ0) is 16.2. The van der Waals surface area contributed by atoms with Crippen LogP contribution in [0.2, 0.25) is 0 Å². The Hall–Kier alpha value is -2.02. The molecule has 0 aliphatic heterocycles. The van der Waals surface area contributed by atoms with Gasteiger partial charge in [0.05, 0.1) is 30.0 Å². The Kier molecular flexibility index (Phi) is 5.07. The van der Waals surface area contributed by atoms with E-state index in [9.17, 15) is 8.42 Å². The van der Waals surface area contributed by atoms with Crippen LogP contribution in [0.3, 0.4) is 0 Å². The number of nitrogens with zero attached hydrogens (tertiary/aromatic N) is 4. The van der Waals surface area contributed by atoms with Crippen molar-refractivity contribution in [2.75, 3.05) is 26.8 Å². The third kappa shape index (κ3) is 3.24. The molecule has 2 aromatic rings. The van der Waals surface area contributed by atoms with Crippen LogP contribution in [0.5, 0.6) is 0 Å². The Bertz CT molecular complexity index is 794. The largest absolute Gasteiger partial charge is 0.383 e. The summed E-state index contributed by atoms with van der Waals surface area (Å²) < 4.78 is 36.5. The molecule has 0 spiro atoms. The standard InChI is InChI=1S/C13H16N4O4S/c1-10-12-8-11(9-15-13(12)21-16-10)22(18,19)17(5-3-4-14)6-7-20-2/h8-9H,3,5-7H2,1-2H3. The minimum absolute atomic E-state index is 0.0420. The Morgan fingerprint density at radius 2 is 2.23 bits per heavy atom. The molecule has 2 heterocycles. The summed E-state index contributed by atoms with van der Waals surface area (Å²) in [7, 11) is -2.27. The lowest BCUT2D eigenvalue weighted by molar-refractivity contribution is 0.179. The van der Waals surface area contributed by atoms with Gasteiger partial charge in [0.15, 0.2) is 0 Å². The lowest BCUT2D eigenvalue weighted by atomic mass is 10.3. The maximum absolute atomic E-state index is 12.7. The van der Waals surface area contributed by atoms with Gasteiger partial charge in [0.2, 0.25) is 10.0 Å². The molecule has 0 N–H and O–H groups in total. The number of hydrogen-bond donors (Lipinski definition) is 0. The van der Waals surface area contributed by atoms with E-state index in [1.54, 1.807) is 6.92 Å². The van der Waals surface area contributed by atoms with E-state index in [-0.39, 0.29) is 36.7 Å². The van der Waals surface area contributed by atoms with Gasteiger partial charge in [0.1, 0.15) is 4.90 Å². The van der Waals surface area contributed by atoms with Crippen LogP contribution in [0.1, 0.15) is 12.1 Å². The Morgan fingerprint density at radius 3 is 2.91 bits per heavy atom. The number of nitriles is 1. The summed E-state index contributed by atoms with van der Waals surface area (Å²) in [6.45, 7) is 2.22. The summed E-state index contributed by atoms with van der Waals surface area (Å²) in [6.07, 6.45) is 1.33. The molecule has 9 heteroatoms. The number of methoxy groups -OCH3 is 1. The van der Waals surface area contributed by atoms with Crippen LogP contribution in [0.15, 0.2) is 21.7 Å². The molecule has 0 amide bonds. The molecule has 0 saturated carbocycles. The fourth-order valence-corrected chi connectivity index (χ4v) is 3.33. The van der Waals surface area contributed by atoms with Gasteiger partial charge in [0.25, 0.3) is 5.71 Å². The van der Waals surface area contributed by atoms with Gasteiger partial charge < -0.3 is 9.26 Å². The lowest BCUT2D eigenvalue weighted by Gasteiger charge is -2.20. The molecule has 0 aliphatic carbocycles. The molecular weight excluding hydrogens is 308 g/mol. The van der Waals surface area contributed by atoms with Crippen molar-refractivity contribution in [2.45, 2.75) is 18.2 Å². The fourth-order valence-electron chi connectivity index (χ4n) is 1.94. The molecular formula is C13H16N4O4S. The summed E-state index contributed by atoms with van der Waals surface area (Å²) in [4.78, 5) is 4.02. The van der Waals surface area contributed by atoms with Crippen LogP contribution in [0.4, 0.5) is 0 Å². The molecule has 118 valence electrons. The Balaban J connectivity index is 2.39. The van der Waals surface area contributed by atoms with E-state index in [2.05, 4.69) is 10.1 Å². The summed E-state index contributed by atoms with van der Waals surface area (Å²) in [5.74, 6) is 0. The van der Waals surface area contributed by atoms with Crippen LogP contribution >= 0.6 is 0 Å². The van der Waals surface area contributed by atoms with E-state index >= 15 is 0 Å². The highest BCUT2D eigenvalue weighted by Crippen LogP contribution is 2.22. The molecule has 0 atom stereocenters. The zero-order valence-corrected chi connectivity index (χ0v) is 13.1. The predicted molar refractivity (Wildman–Crippen MR) is 77.4 cm³/mol. The van der Waals surface area contributed by atoms with Gasteiger partial charge in [-0.1, -0.05) is 5.16 Å². The first-order valence-electron chi connectivity index (χ1n) is 6.58. The Labute approximate surface area is 128 Å². The lowest BCUT2D eigenvalue weighted by Crippen LogP contribution is -2.34. The molecule has 0 saturated heterocycles. The average molecular weight is 324 g/mol. The van der Waals surface area contributed by atoms with Crippen LogP contribution < -0.4 is 0 Å². The summed E-state index contributed by atoms with van der Waals surface area (Å²) in [5, 5.41) is 13.0. The van der Waals surface area contributed by atoms with Crippen LogP contribution in [-0.4, -0.2) is 49.7 Å². The number of aryl methyl sites for hydroxylation is 1. The SMILES string of the molecule is COCCN(CCC#N)S(=O)(=O)c1cnc2onc(C)c2c1. The fraction of sp³-hybridized carbons (Fsp3) is 0.462. The van der Waals surface area contributed by atoms with E-state index in [4.69, 9.17) is 14.5 Å². The van der Waals surface area contributed by atoms with Crippen molar-refractivity contribution in [3.05, 3.63) is 18.0 Å². The van der Waals surface area contributed by atoms with Crippen molar-refractivity contribution in [3.63, 3.8) is 0 Å². The third-order valence-electron chi connectivity index (χ3n) is 3.14. The van der Waals surface area contributed by atoms with Gasteiger partial charge in [-0.15, -0.1) is 0 Å². The molecule has 22 heavy (non-hydrogen) atoms. The van der Waals surface area contributed by atoms with Crippen molar-refractivity contribution < 1.29 is 17.7 Å². The molecule has 0 fully saturated rings. The molecule has 2 aromatic heterocycles. The van der Waals surface area contributed by atoms with E-state index < -0.39 is 10.0 Å². The molecule has 0 radical (unpaired) electrons. The smallest absolute Gasteiger partial charge is 0.257 e. The monoisotopic (exact) mass is 324 g/mol. The van der Waals surface area contributed by atoms with E-state index in [0.717, 1.165) is 0 Å².